The quantitative estimate of drug-likeness (QED) is 0.854. The first kappa shape index (κ1) is 13.4. The van der Waals surface area contributed by atoms with Gasteiger partial charge >= 0.3 is 0 Å². The zero-order valence-electron chi connectivity index (χ0n) is 12.0. The molecule has 1 aromatic heterocycles. The van der Waals surface area contributed by atoms with Crippen LogP contribution in [0, 0.1) is 18.8 Å². The van der Waals surface area contributed by atoms with E-state index in [9.17, 15) is 9.59 Å². The molecule has 0 radical (unpaired) electrons. The molecule has 1 aliphatic heterocycles. The van der Waals surface area contributed by atoms with Crippen molar-refractivity contribution < 1.29 is 4.79 Å². The second-order valence-corrected chi connectivity index (χ2v) is 6.26. The molecular formula is C16H22N2O2. The SMILES string of the molecule is Cc1cc(=O)cc(C(=O)N2CC[C@@H]3CCCC[C@H]3C2)[nH]1. The van der Waals surface area contributed by atoms with E-state index in [0.29, 0.717) is 11.6 Å². The van der Waals surface area contributed by atoms with Gasteiger partial charge in [0.05, 0.1) is 0 Å². The van der Waals surface area contributed by atoms with Crippen molar-refractivity contribution in [1.29, 1.82) is 0 Å². The van der Waals surface area contributed by atoms with E-state index in [1.54, 1.807) is 0 Å². The number of pyridine rings is 1. The van der Waals surface area contributed by atoms with E-state index in [-0.39, 0.29) is 11.3 Å². The number of piperidine rings is 1. The van der Waals surface area contributed by atoms with Gasteiger partial charge in [0.25, 0.3) is 5.91 Å². The van der Waals surface area contributed by atoms with E-state index in [1.807, 2.05) is 11.8 Å². The molecule has 2 atom stereocenters. The molecule has 3 rings (SSSR count). The largest absolute Gasteiger partial charge is 0.354 e. The van der Waals surface area contributed by atoms with Crippen LogP contribution in [-0.4, -0.2) is 28.9 Å². The Balaban J connectivity index is 1.75. The summed E-state index contributed by atoms with van der Waals surface area (Å²) in [6.07, 6.45) is 6.34. The first-order valence-corrected chi connectivity index (χ1v) is 7.64. The van der Waals surface area contributed by atoms with Crippen molar-refractivity contribution in [2.24, 2.45) is 11.8 Å². The van der Waals surface area contributed by atoms with Crippen molar-refractivity contribution in [2.45, 2.75) is 39.0 Å². The molecule has 20 heavy (non-hydrogen) atoms. The molecule has 1 N–H and O–H groups in total. The molecule has 4 nitrogen and oxygen atoms in total. The monoisotopic (exact) mass is 274 g/mol. The minimum atomic E-state index is -0.0999. The summed E-state index contributed by atoms with van der Waals surface area (Å²) in [6.45, 7) is 3.50. The summed E-state index contributed by atoms with van der Waals surface area (Å²) in [7, 11) is 0. The molecule has 1 amide bonds. The van der Waals surface area contributed by atoms with Gasteiger partial charge in [0.2, 0.25) is 0 Å². The lowest BCUT2D eigenvalue weighted by Gasteiger charge is -2.41. The Bertz CT molecular complexity index is 564. The summed E-state index contributed by atoms with van der Waals surface area (Å²) in [5.74, 6) is 1.46. The Morgan fingerprint density at radius 2 is 1.95 bits per heavy atom. The van der Waals surface area contributed by atoms with Gasteiger partial charge in [0, 0.05) is 30.9 Å². The summed E-state index contributed by atoms with van der Waals surface area (Å²) in [6, 6.07) is 2.94. The molecule has 0 spiro atoms. The maximum atomic E-state index is 12.5. The van der Waals surface area contributed by atoms with Crippen LogP contribution in [0.25, 0.3) is 0 Å². The molecular weight excluding hydrogens is 252 g/mol. The van der Waals surface area contributed by atoms with Crippen molar-refractivity contribution in [3.8, 4) is 0 Å². The maximum Gasteiger partial charge on any atom is 0.270 e. The standard InChI is InChI=1S/C16H22N2O2/c1-11-8-14(19)9-15(17-11)16(20)18-7-6-12-4-2-3-5-13(12)10-18/h8-9,12-13H,2-7,10H2,1H3,(H,17,19)/t12-,13-/m0/s1. The third kappa shape index (κ3) is 2.65. The van der Waals surface area contributed by atoms with Crippen molar-refractivity contribution in [1.82, 2.24) is 9.88 Å². The number of amides is 1. The van der Waals surface area contributed by atoms with Crippen LogP contribution in [0.4, 0.5) is 0 Å². The second-order valence-electron chi connectivity index (χ2n) is 6.26. The Morgan fingerprint density at radius 1 is 1.20 bits per heavy atom. The Hall–Kier alpha value is -1.58. The first-order valence-electron chi connectivity index (χ1n) is 7.64. The van der Waals surface area contributed by atoms with Gasteiger partial charge in [-0.25, -0.2) is 0 Å². The number of carbonyl (C=O) groups is 1. The fourth-order valence-electron chi connectivity index (χ4n) is 3.75. The van der Waals surface area contributed by atoms with Gasteiger partial charge in [-0.2, -0.15) is 0 Å². The van der Waals surface area contributed by atoms with Crippen molar-refractivity contribution in [3.05, 3.63) is 33.7 Å². The zero-order chi connectivity index (χ0) is 14.1. The van der Waals surface area contributed by atoms with Gasteiger partial charge in [-0.15, -0.1) is 0 Å². The average Bonchev–Trinajstić information content (AvgIpc) is 2.45. The fourth-order valence-corrected chi connectivity index (χ4v) is 3.75. The fraction of sp³-hybridized carbons (Fsp3) is 0.625. The van der Waals surface area contributed by atoms with Gasteiger partial charge in [-0.05, 0) is 31.6 Å². The van der Waals surface area contributed by atoms with Gasteiger partial charge < -0.3 is 9.88 Å². The van der Waals surface area contributed by atoms with Crippen LogP contribution in [0.2, 0.25) is 0 Å². The zero-order valence-corrected chi connectivity index (χ0v) is 12.0. The lowest BCUT2D eigenvalue weighted by atomic mass is 9.75. The Morgan fingerprint density at radius 3 is 2.70 bits per heavy atom. The number of aromatic amines is 1. The predicted molar refractivity (Wildman–Crippen MR) is 77.8 cm³/mol. The minimum absolute atomic E-state index is 0.0187. The molecule has 0 bridgehead atoms. The molecule has 1 saturated carbocycles. The number of nitrogens with zero attached hydrogens (tertiary/aromatic N) is 1. The highest BCUT2D eigenvalue weighted by Crippen LogP contribution is 2.36. The number of hydrogen-bond acceptors (Lipinski definition) is 2. The molecule has 4 heteroatoms. The summed E-state index contributed by atoms with van der Waals surface area (Å²) < 4.78 is 0. The predicted octanol–water partition coefficient (Wildman–Crippen LogP) is 2.34. The highest BCUT2D eigenvalue weighted by atomic mass is 16.2. The number of rotatable bonds is 1. The molecule has 0 unspecified atom stereocenters. The van der Waals surface area contributed by atoms with Crippen LogP contribution in [0.5, 0.6) is 0 Å². The molecule has 1 aromatic rings. The topological polar surface area (TPSA) is 53.2 Å². The first-order chi connectivity index (χ1) is 9.63. The van der Waals surface area contributed by atoms with E-state index in [1.165, 1.54) is 37.8 Å². The number of nitrogens with one attached hydrogen (secondary N) is 1. The highest BCUT2D eigenvalue weighted by Gasteiger charge is 2.33. The Labute approximate surface area is 119 Å². The van der Waals surface area contributed by atoms with Crippen molar-refractivity contribution >= 4 is 5.91 Å². The van der Waals surface area contributed by atoms with Crippen LogP contribution in [0.15, 0.2) is 16.9 Å². The van der Waals surface area contributed by atoms with Crippen LogP contribution < -0.4 is 5.43 Å². The number of carbonyl (C=O) groups excluding carboxylic acids is 1. The normalized spacial score (nSPS) is 26.1. The molecule has 2 aliphatic rings. The minimum Gasteiger partial charge on any atom is -0.354 e. The lowest BCUT2D eigenvalue weighted by molar-refractivity contribution is 0.0515. The van der Waals surface area contributed by atoms with Crippen LogP contribution in [0.3, 0.4) is 0 Å². The smallest absolute Gasteiger partial charge is 0.270 e. The van der Waals surface area contributed by atoms with Gasteiger partial charge in [0.1, 0.15) is 5.69 Å². The van der Waals surface area contributed by atoms with E-state index in [0.717, 1.165) is 31.1 Å². The summed E-state index contributed by atoms with van der Waals surface area (Å²) in [5, 5.41) is 0. The summed E-state index contributed by atoms with van der Waals surface area (Å²) in [5.41, 5.74) is 1.08. The van der Waals surface area contributed by atoms with E-state index in [4.69, 9.17) is 0 Å². The average molecular weight is 274 g/mol. The number of aromatic nitrogens is 1. The molecule has 0 aromatic carbocycles. The van der Waals surface area contributed by atoms with E-state index >= 15 is 0 Å². The highest BCUT2D eigenvalue weighted by molar-refractivity contribution is 5.92. The third-order valence-electron chi connectivity index (χ3n) is 4.79. The van der Waals surface area contributed by atoms with Crippen molar-refractivity contribution in [2.75, 3.05) is 13.1 Å². The number of likely N-dealkylation sites (tertiary alicyclic amines) is 1. The maximum absolute atomic E-state index is 12.5. The third-order valence-corrected chi connectivity index (χ3v) is 4.79. The van der Waals surface area contributed by atoms with Crippen LogP contribution >= 0.6 is 0 Å². The van der Waals surface area contributed by atoms with Gasteiger partial charge in [-0.3, -0.25) is 9.59 Å². The van der Waals surface area contributed by atoms with E-state index in [2.05, 4.69) is 4.98 Å². The second kappa shape index (κ2) is 5.43. The molecule has 2 heterocycles. The molecule has 1 aliphatic carbocycles. The van der Waals surface area contributed by atoms with Crippen LogP contribution in [-0.2, 0) is 0 Å². The van der Waals surface area contributed by atoms with Gasteiger partial charge in [-0.1, -0.05) is 19.3 Å². The number of fused-ring (bicyclic) bond motifs is 1. The summed E-state index contributed by atoms with van der Waals surface area (Å²) >= 11 is 0. The molecule has 2 fully saturated rings. The number of H-pyrrole nitrogens is 1. The van der Waals surface area contributed by atoms with Crippen molar-refractivity contribution in [3.63, 3.8) is 0 Å². The number of hydrogen-bond donors (Lipinski definition) is 1. The molecule has 1 saturated heterocycles. The number of aryl methyl sites for hydroxylation is 1. The summed E-state index contributed by atoms with van der Waals surface area (Å²) in [4.78, 5) is 29.0. The van der Waals surface area contributed by atoms with Gasteiger partial charge in [0.15, 0.2) is 5.43 Å². The van der Waals surface area contributed by atoms with Crippen LogP contribution in [0.1, 0.15) is 48.3 Å². The molecule has 108 valence electrons. The lowest BCUT2D eigenvalue weighted by Crippen LogP contribution is -2.45. The van der Waals surface area contributed by atoms with E-state index < -0.39 is 0 Å². The Kier molecular flexibility index (Phi) is 3.64.